The van der Waals surface area contributed by atoms with Crippen LogP contribution in [0.4, 0.5) is 0 Å². The first-order valence-electron chi connectivity index (χ1n) is 10.5. The normalized spacial score (nSPS) is 12.3. The third kappa shape index (κ3) is 5.08. The van der Waals surface area contributed by atoms with Crippen LogP contribution in [0.3, 0.4) is 0 Å². The molecule has 0 aliphatic rings. The molecule has 32 heavy (non-hydrogen) atoms. The molecule has 0 radical (unpaired) electrons. The van der Waals surface area contributed by atoms with Crippen LogP contribution in [0.15, 0.2) is 40.9 Å². The van der Waals surface area contributed by atoms with Crippen molar-refractivity contribution >= 4 is 45.4 Å². The lowest BCUT2D eigenvalue weighted by atomic mass is 10.0. The molecule has 0 aliphatic carbocycles. The maximum atomic E-state index is 13.1. The molecule has 1 aromatic heterocycles. The number of halogens is 1. The molecular weight excluding hydrogens is 492 g/mol. The lowest BCUT2D eigenvalue weighted by Crippen LogP contribution is -2.14. The van der Waals surface area contributed by atoms with Crippen molar-refractivity contribution in [3.05, 3.63) is 57.7 Å². The number of ether oxygens (including phenoxy) is 2. The van der Waals surface area contributed by atoms with Gasteiger partial charge in [0.05, 0.1) is 28.8 Å². The summed E-state index contributed by atoms with van der Waals surface area (Å²) in [5, 5.41) is 11.2. The third-order valence-electron chi connectivity index (χ3n) is 5.24. The minimum Gasteiger partial charge on any atom is -0.506 e. The zero-order valence-corrected chi connectivity index (χ0v) is 21.2. The van der Waals surface area contributed by atoms with Crippen molar-refractivity contribution in [3.8, 4) is 11.5 Å². The molecule has 8 heteroatoms. The molecule has 0 saturated carbocycles. The Balaban J connectivity index is 2.08. The number of rotatable bonds is 9. The number of aromatic nitrogens is 1. The maximum Gasteiger partial charge on any atom is 0.340 e. The van der Waals surface area contributed by atoms with Crippen LogP contribution in [0.25, 0.3) is 10.9 Å². The van der Waals surface area contributed by atoms with Crippen LogP contribution < -0.4 is 4.74 Å². The van der Waals surface area contributed by atoms with E-state index < -0.39 is 5.97 Å². The molecule has 1 N–H and O–H groups in total. The molecule has 0 fully saturated rings. The highest BCUT2D eigenvalue weighted by Gasteiger charge is 2.30. The second-order valence-electron chi connectivity index (χ2n) is 7.82. The van der Waals surface area contributed by atoms with Crippen molar-refractivity contribution in [2.24, 2.45) is 7.05 Å². The number of esters is 1. The summed E-state index contributed by atoms with van der Waals surface area (Å²) >= 11 is 8.30. The Kier molecular flexibility index (Phi) is 8.14. The Morgan fingerprint density at radius 1 is 1.28 bits per heavy atom. The van der Waals surface area contributed by atoms with Crippen LogP contribution in [-0.4, -0.2) is 47.9 Å². The Bertz CT molecular complexity index is 1100. The van der Waals surface area contributed by atoms with Gasteiger partial charge in [0.15, 0.2) is 0 Å². The fourth-order valence-corrected chi connectivity index (χ4v) is 4.72. The Morgan fingerprint density at radius 2 is 1.97 bits per heavy atom. The molecule has 6 nitrogen and oxygen atoms in total. The number of nitrogens with zero attached hydrogens (tertiary/aromatic N) is 2. The van der Waals surface area contributed by atoms with Crippen molar-refractivity contribution in [2.45, 2.75) is 25.1 Å². The highest BCUT2D eigenvalue weighted by Crippen LogP contribution is 2.42. The Hall–Kier alpha value is -2.16. The van der Waals surface area contributed by atoms with Crippen LogP contribution in [0.2, 0.25) is 0 Å². The average molecular weight is 521 g/mol. The van der Waals surface area contributed by atoms with Gasteiger partial charge in [0.1, 0.15) is 11.5 Å². The summed E-state index contributed by atoms with van der Waals surface area (Å²) in [6.45, 7) is 2.95. The highest BCUT2D eigenvalue weighted by atomic mass is 79.9. The molecule has 3 aromatic rings. The van der Waals surface area contributed by atoms with E-state index in [1.54, 1.807) is 6.92 Å². The van der Waals surface area contributed by atoms with Crippen LogP contribution in [0, 0.1) is 0 Å². The van der Waals surface area contributed by atoms with Gasteiger partial charge in [0.2, 0.25) is 0 Å². The number of aryl methyl sites for hydroxylation is 1. The number of hydrogen-bond acceptors (Lipinski definition) is 6. The zero-order chi connectivity index (χ0) is 23.4. The van der Waals surface area contributed by atoms with Crippen molar-refractivity contribution in [1.82, 2.24) is 9.47 Å². The zero-order valence-electron chi connectivity index (χ0n) is 18.8. The Morgan fingerprint density at radius 3 is 2.59 bits per heavy atom. The molecule has 0 aliphatic heterocycles. The lowest BCUT2D eigenvalue weighted by Gasteiger charge is -2.16. The van der Waals surface area contributed by atoms with Crippen molar-refractivity contribution < 1.29 is 19.4 Å². The number of fused-ring (bicyclic) bond motifs is 1. The van der Waals surface area contributed by atoms with Gasteiger partial charge in [-0.05, 0) is 61.6 Å². The van der Waals surface area contributed by atoms with Crippen molar-refractivity contribution in [3.63, 3.8) is 0 Å². The second kappa shape index (κ2) is 10.6. The van der Waals surface area contributed by atoms with E-state index in [-0.39, 0.29) is 17.6 Å². The summed E-state index contributed by atoms with van der Waals surface area (Å²) in [6.07, 6.45) is 0.588. The molecule has 0 bridgehead atoms. The van der Waals surface area contributed by atoms with Gasteiger partial charge in [-0.3, -0.25) is 0 Å². The monoisotopic (exact) mass is 520 g/mol. The summed E-state index contributed by atoms with van der Waals surface area (Å²) in [6, 6.07) is 11.4. The minimum atomic E-state index is -0.419. The van der Waals surface area contributed by atoms with Gasteiger partial charge in [-0.1, -0.05) is 18.2 Å². The molecule has 3 rings (SSSR count). The molecule has 1 atom stereocenters. The number of phenolic OH excluding ortho intramolecular Hbond substituents is 1. The average Bonchev–Trinajstić information content (AvgIpc) is 3.04. The molecule has 172 valence electrons. The van der Waals surface area contributed by atoms with Gasteiger partial charge in [-0.2, -0.15) is 12.6 Å². The van der Waals surface area contributed by atoms with E-state index in [1.807, 2.05) is 67.0 Å². The number of carbonyl (C=O) groups excluding carboxylic acids is 1. The van der Waals surface area contributed by atoms with E-state index in [0.717, 1.165) is 17.0 Å². The summed E-state index contributed by atoms with van der Waals surface area (Å²) < 4.78 is 13.8. The number of hydrogen-bond donors (Lipinski definition) is 2. The van der Waals surface area contributed by atoms with Gasteiger partial charge in [0.25, 0.3) is 0 Å². The summed E-state index contributed by atoms with van der Waals surface area (Å²) in [5.41, 5.74) is 2.69. The largest absolute Gasteiger partial charge is 0.506 e. The van der Waals surface area contributed by atoms with Gasteiger partial charge in [-0.25, -0.2) is 4.79 Å². The summed E-state index contributed by atoms with van der Waals surface area (Å²) in [5.74, 6) is 0.493. The van der Waals surface area contributed by atoms with E-state index in [9.17, 15) is 9.90 Å². The Labute approximate surface area is 202 Å². The predicted octanol–water partition coefficient (Wildman–Crippen LogP) is 5.32. The van der Waals surface area contributed by atoms with Crippen LogP contribution in [0.5, 0.6) is 11.5 Å². The summed E-state index contributed by atoms with van der Waals surface area (Å²) in [7, 11) is 5.75. The van der Waals surface area contributed by atoms with Gasteiger partial charge in [-0.15, -0.1) is 0 Å². The molecule has 1 unspecified atom stereocenters. The molecule has 1 heterocycles. The maximum absolute atomic E-state index is 13.1. The fraction of sp³-hybridized carbons (Fsp3) is 0.375. The first-order chi connectivity index (χ1) is 15.3. The standard InChI is InChI=1S/C24H29BrN2O4S/c1-5-30-24(29)21-20-16(14-26(2)3)23(28)17(25)13-18(20)27(4)22(21)19(32)11-12-31-15-9-7-6-8-10-15/h6-10,13,19,28,32H,5,11-12,14H2,1-4H3. The molecule has 0 saturated heterocycles. The minimum absolute atomic E-state index is 0.122. The highest BCUT2D eigenvalue weighted by molar-refractivity contribution is 9.10. The van der Waals surface area contributed by atoms with Crippen molar-refractivity contribution in [1.29, 1.82) is 0 Å². The number of carbonyl (C=O) groups is 1. The molecule has 0 spiro atoms. The smallest absolute Gasteiger partial charge is 0.340 e. The number of phenols is 1. The lowest BCUT2D eigenvalue weighted by molar-refractivity contribution is 0.0526. The van der Waals surface area contributed by atoms with Crippen LogP contribution >= 0.6 is 28.6 Å². The van der Waals surface area contributed by atoms with Gasteiger partial charge < -0.3 is 24.0 Å². The predicted molar refractivity (Wildman–Crippen MR) is 134 cm³/mol. The number of benzene rings is 2. The first kappa shape index (κ1) is 24.5. The topological polar surface area (TPSA) is 63.9 Å². The van der Waals surface area contributed by atoms with E-state index in [4.69, 9.17) is 22.1 Å². The van der Waals surface area contributed by atoms with E-state index in [1.165, 1.54) is 0 Å². The number of thiol groups is 1. The molecule has 0 amide bonds. The second-order valence-corrected chi connectivity index (χ2v) is 9.30. The van der Waals surface area contributed by atoms with Crippen molar-refractivity contribution in [2.75, 3.05) is 27.3 Å². The fourth-order valence-electron chi connectivity index (χ4n) is 3.86. The van der Waals surface area contributed by atoms with E-state index in [0.29, 0.717) is 40.6 Å². The molecule has 2 aromatic carbocycles. The SMILES string of the molecule is CCOC(=O)c1c(C(S)CCOc2ccccc2)n(C)c2cc(Br)c(O)c(CN(C)C)c12. The number of aromatic hydroxyl groups is 1. The quantitative estimate of drug-likeness (QED) is 0.295. The van der Waals surface area contributed by atoms with Crippen LogP contribution in [-0.2, 0) is 18.3 Å². The molecular formula is C24H29BrN2O4S. The van der Waals surface area contributed by atoms with E-state index >= 15 is 0 Å². The van der Waals surface area contributed by atoms with Crippen LogP contribution in [0.1, 0.15) is 40.2 Å². The van der Waals surface area contributed by atoms with Gasteiger partial charge >= 0.3 is 5.97 Å². The van der Waals surface area contributed by atoms with E-state index in [2.05, 4.69) is 15.9 Å². The summed E-state index contributed by atoms with van der Waals surface area (Å²) in [4.78, 5) is 15.1. The first-order valence-corrected chi connectivity index (χ1v) is 11.8. The number of para-hydroxylation sites is 1. The third-order valence-corrected chi connectivity index (χ3v) is 6.34. The van der Waals surface area contributed by atoms with Gasteiger partial charge in [0, 0.05) is 35.5 Å².